The van der Waals surface area contributed by atoms with Gasteiger partial charge in [0.2, 0.25) is 5.91 Å². The first kappa shape index (κ1) is 27.5. The molecule has 0 aliphatic rings. The van der Waals surface area contributed by atoms with Crippen molar-refractivity contribution >= 4 is 27.7 Å². The molecule has 0 radical (unpaired) electrons. The fourth-order valence-corrected chi connectivity index (χ4v) is 4.13. The minimum atomic E-state index is -0.681. The van der Waals surface area contributed by atoms with Crippen LogP contribution in [-0.2, 0) is 22.6 Å². The molecule has 0 aliphatic carbocycles. The van der Waals surface area contributed by atoms with Crippen LogP contribution in [-0.4, -0.2) is 35.4 Å². The van der Waals surface area contributed by atoms with E-state index in [1.807, 2.05) is 100 Å². The zero-order chi connectivity index (χ0) is 26.1. The number of hydrogen-bond donors (Lipinski definition) is 1. The molecule has 3 aromatic carbocycles. The molecule has 0 aliphatic heterocycles. The van der Waals surface area contributed by atoms with Gasteiger partial charge in [0.05, 0.1) is 0 Å². The first-order chi connectivity index (χ1) is 17.3. The van der Waals surface area contributed by atoms with Crippen LogP contribution in [0.25, 0.3) is 0 Å². The second kappa shape index (κ2) is 13.3. The number of carbonyl (C=O) groups excluding carboxylic acids is 2. The molecule has 36 heavy (non-hydrogen) atoms. The number of nitrogens with zero attached hydrogens (tertiary/aromatic N) is 1. The highest BCUT2D eigenvalue weighted by atomic mass is 79.9. The van der Waals surface area contributed by atoms with E-state index in [4.69, 9.17) is 4.74 Å². The van der Waals surface area contributed by atoms with Crippen molar-refractivity contribution in [3.8, 4) is 5.75 Å². The van der Waals surface area contributed by atoms with Crippen LogP contribution in [0.4, 0.5) is 0 Å². The average Bonchev–Trinajstić information content (AvgIpc) is 2.88. The van der Waals surface area contributed by atoms with Gasteiger partial charge in [0.1, 0.15) is 11.8 Å². The monoisotopic (exact) mass is 550 g/mol. The molecule has 0 bridgehead atoms. The number of hydrogen-bond acceptors (Lipinski definition) is 3. The normalized spacial score (nSPS) is 12.5. The molecular formula is C30H35BrN2O3. The molecule has 190 valence electrons. The van der Waals surface area contributed by atoms with Crippen LogP contribution < -0.4 is 10.1 Å². The Morgan fingerprint density at radius 2 is 1.67 bits per heavy atom. The first-order valence-electron chi connectivity index (χ1n) is 12.3. The minimum absolute atomic E-state index is 0.00611. The summed E-state index contributed by atoms with van der Waals surface area (Å²) >= 11 is 3.47. The Labute approximate surface area is 223 Å². The number of amides is 2. The Morgan fingerprint density at radius 1 is 0.972 bits per heavy atom. The van der Waals surface area contributed by atoms with E-state index in [1.54, 1.807) is 4.90 Å². The summed E-state index contributed by atoms with van der Waals surface area (Å²) in [7, 11) is 0. The summed E-state index contributed by atoms with van der Waals surface area (Å²) in [5.74, 6) is 0.278. The highest BCUT2D eigenvalue weighted by Crippen LogP contribution is 2.21. The molecule has 1 N–H and O–H groups in total. The Hall–Kier alpha value is -3.12. The van der Waals surface area contributed by atoms with Crippen molar-refractivity contribution in [3.63, 3.8) is 0 Å². The van der Waals surface area contributed by atoms with Gasteiger partial charge in [-0.25, -0.2) is 0 Å². The molecule has 6 heteroatoms. The van der Waals surface area contributed by atoms with Crippen molar-refractivity contribution in [1.82, 2.24) is 10.2 Å². The third kappa shape index (κ3) is 7.95. The van der Waals surface area contributed by atoms with Crippen LogP contribution in [0.15, 0.2) is 77.3 Å². The largest absolute Gasteiger partial charge is 0.483 e. The maximum Gasteiger partial charge on any atom is 0.261 e. The van der Waals surface area contributed by atoms with E-state index in [9.17, 15) is 9.59 Å². The molecular weight excluding hydrogens is 516 g/mol. The van der Waals surface area contributed by atoms with Crippen LogP contribution in [0.1, 0.15) is 42.5 Å². The van der Waals surface area contributed by atoms with Gasteiger partial charge in [-0.2, -0.15) is 0 Å². The quantitative estimate of drug-likeness (QED) is 0.318. The smallest absolute Gasteiger partial charge is 0.261 e. The van der Waals surface area contributed by atoms with Gasteiger partial charge in [-0.15, -0.1) is 0 Å². The van der Waals surface area contributed by atoms with Crippen molar-refractivity contribution in [3.05, 3.63) is 99.5 Å². The summed E-state index contributed by atoms with van der Waals surface area (Å²) in [6, 6.07) is 22.9. The Kier molecular flexibility index (Phi) is 10.1. The van der Waals surface area contributed by atoms with Crippen LogP contribution >= 0.6 is 15.9 Å². The van der Waals surface area contributed by atoms with Crippen molar-refractivity contribution in [2.24, 2.45) is 0 Å². The SMILES string of the molecule is CC[C@@H](C)NC(=O)[C@@H](Cc1ccccc1)N(Cc1ccc(Br)cc1)C(=O)COc1cc(C)ccc1C. The zero-order valence-corrected chi connectivity index (χ0v) is 23.0. The Balaban J connectivity index is 1.92. The highest BCUT2D eigenvalue weighted by Gasteiger charge is 2.31. The fraction of sp³-hybridized carbons (Fsp3) is 0.333. The van der Waals surface area contributed by atoms with E-state index in [1.165, 1.54) is 0 Å². The maximum atomic E-state index is 13.7. The van der Waals surface area contributed by atoms with E-state index in [2.05, 4.69) is 21.2 Å². The van der Waals surface area contributed by atoms with Crippen LogP contribution in [0.5, 0.6) is 5.75 Å². The van der Waals surface area contributed by atoms with E-state index >= 15 is 0 Å². The van der Waals surface area contributed by atoms with Crippen LogP contribution in [0.3, 0.4) is 0 Å². The number of rotatable bonds is 11. The van der Waals surface area contributed by atoms with Crippen LogP contribution in [0.2, 0.25) is 0 Å². The topological polar surface area (TPSA) is 58.6 Å². The van der Waals surface area contributed by atoms with Gasteiger partial charge < -0.3 is 15.0 Å². The Morgan fingerprint density at radius 3 is 2.33 bits per heavy atom. The number of benzene rings is 3. The summed E-state index contributed by atoms with van der Waals surface area (Å²) < 4.78 is 6.93. The third-order valence-electron chi connectivity index (χ3n) is 6.23. The molecule has 5 nitrogen and oxygen atoms in total. The molecule has 3 rings (SSSR count). The van der Waals surface area contributed by atoms with Crippen molar-refractivity contribution < 1.29 is 14.3 Å². The predicted molar refractivity (Wildman–Crippen MR) is 148 cm³/mol. The van der Waals surface area contributed by atoms with Crippen molar-refractivity contribution in [2.45, 2.75) is 59.2 Å². The molecule has 2 amide bonds. The predicted octanol–water partition coefficient (Wildman–Crippen LogP) is 6.00. The van der Waals surface area contributed by atoms with Gasteiger partial charge in [0.25, 0.3) is 5.91 Å². The van der Waals surface area contributed by atoms with E-state index in [0.717, 1.165) is 33.1 Å². The Bertz CT molecular complexity index is 1150. The first-order valence-corrected chi connectivity index (χ1v) is 13.1. The molecule has 0 fully saturated rings. The molecule has 0 spiro atoms. The lowest BCUT2D eigenvalue weighted by Gasteiger charge is -2.32. The summed E-state index contributed by atoms with van der Waals surface area (Å²) in [6.07, 6.45) is 1.22. The molecule has 0 aromatic heterocycles. The van der Waals surface area contributed by atoms with E-state index in [-0.39, 0.29) is 24.5 Å². The summed E-state index contributed by atoms with van der Waals surface area (Å²) in [5, 5.41) is 3.09. The number of nitrogens with one attached hydrogen (secondary N) is 1. The molecule has 3 aromatic rings. The summed E-state index contributed by atoms with van der Waals surface area (Å²) in [5.41, 5.74) is 3.95. The highest BCUT2D eigenvalue weighted by molar-refractivity contribution is 9.10. The molecule has 0 saturated heterocycles. The fourth-order valence-electron chi connectivity index (χ4n) is 3.87. The number of ether oxygens (including phenoxy) is 1. The second-order valence-electron chi connectivity index (χ2n) is 9.23. The second-order valence-corrected chi connectivity index (χ2v) is 10.1. The third-order valence-corrected chi connectivity index (χ3v) is 6.76. The molecule has 0 saturated carbocycles. The lowest BCUT2D eigenvalue weighted by Crippen LogP contribution is -2.53. The zero-order valence-electron chi connectivity index (χ0n) is 21.5. The summed E-state index contributed by atoms with van der Waals surface area (Å²) in [6.45, 7) is 8.10. The van der Waals surface area contributed by atoms with E-state index in [0.29, 0.717) is 18.7 Å². The lowest BCUT2D eigenvalue weighted by atomic mass is 10.0. The average molecular weight is 552 g/mol. The molecule has 2 atom stereocenters. The summed E-state index contributed by atoms with van der Waals surface area (Å²) in [4.78, 5) is 28.9. The van der Waals surface area contributed by atoms with Crippen LogP contribution in [0, 0.1) is 13.8 Å². The van der Waals surface area contributed by atoms with Gasteiger partial charge in [-0.3, -0.25) is 9.59 Å². The lowest BCUT2D eigenvalue weighted by molar-refractivity contribution is -0.143. The molecule has 0 unspecified atom stereocenters. The van der Waals surface area contributed by atoms with Gasteiger partial charge in [-0.05, 0) is 67.6 Å². The number of aryl methyl sites for hydroxylation is 2. The van der Waals surface area contributed by atoms with Crippen molar-refractivity contribution in [2.75, 3.05) is 6.61 Å². The van der Waals surface area contributed by atoms with Gasteiger partial charge >= 0.3 is 0 Å². The van der Waals surface area contributed by atoms with Gasteiger partial charge in [-0.1, -0.05) is 77.5 Å². The van der Waals surface area contributed by atoms with E-state index < -0.39 is 6.04 Å². The van der Waals surface area contributed by atoms with Gasteiger partial charge in [0, 0.05) is 23.5 Å². The standard InChI is InChI=1S/C30H35BrN2O3/c1-5-23(4)32-30(35)27(18-24-9-7-6-8-10-24)33(19-25-13-15-26(31)16-14-25)29(34)20-36-28-17-21(2)11-12-22(28)3/h6-17,23,27H,5,18-20H2,1-4H3,(H,32,35)/t23-,27-/m1/s1. The minimum Gasteiger partial charge on any atom is -0.483 e. The van der Waals surface area contributed by atoms with Gasteiger partial charge in [0.15, 0.2) is 6.61 Å². The van der Waals surface area contributed by atoms with Crippen molar-refractivity contribution in [1.29, 1.82) is 0 Å². The maximum absolute atomic E-state index is 13.7. The number of halogens is 1. The number of carbonyl (C=O) groups is 2. The molecule has 0 heterocycles.